The molecule has 0 bridgehead atoms. The molecule has 11 heteroatoms. The van der Waals surface area contributed by atoms with Crippen LogP contribution in [0.3, 0.4) is 0 Å². The van der Waals surface area contributed by atoms with Crippen LogP contribution in [0.5, 0.6) is 5.75 Å². The number of sulfonamides is 1. The number of methoxy groups -OCH3 is 1. The number of nitrogens with zero attached hydrogens (tertiary/aromatic N) is 1. The topological polar surface area (TPSA) is 119 Å². The molecule has 1 aliphatic rings. The van der Waals surface area contributed by atoms with Gasteiger partial charge in [0.1, 0.15) is 17.5 Å². The van der Waals surface area contributed by atoms with E-state index in [1.54, 1.807) is 12.1 Å². The van der Waals surface area contributed by atoms with Crippen molar-refractivity contribution >= 4 is 44.6 Å². The predicted molar refractivity (Wildman–Crippen MR) is 120 cm³/mol. The molecule has 9 nitrogen and oxygen atoms in total. The highest BCUT2D eigenvalue weighted by Crippen LogP contribution is 2.34. The fourth-order valence-corrected chi connectivity index (χ4v) is 4.48. The molecule has 0 radical (unpaired) electrons. The zero-order valence-corrected chi connectivity index (χ0v) is 18.3. The van der Waals surface area contributed by atoms with Gasteiger partial charge < -0.3 is 20.1 Å². The van der Waals surface area contributed by atoms with Crippen LogP contribution >= 0.6 is 11.6 Å². The maximum Gasteiger partial charge on any atom is 0.254 e. The molecule has 1 amide bonds. The third-order valence-electron chi connectivity index (χ3n) is 4.46. The number of pyridine rings is 1. The molecule has 0 atom stereocenters. The molecule has 0 spiro atoms. The Morgan fingerprint density at radius 1 is 1.26 bits per heavy atom. The lowest BCUT2D eigenvalue weighted by molar-refractivity contribution is 0.0963. The largest absolute Gasteiger partial charge is 0.491 e. The minimum Gasteiger partial charge on any atom is -0.491 e. The van der Waals surface area contributed by atoms with Crippen LogP contribution in [0.4, 0.5) is 17.1 Å². The number of amides is 1. The zero-order chi connectivity index (χ0) is 24.9. The molecule has 2 aromatic rings. The summed E-state index contributed by atoms with van der Waals surface area (Å²) in [6.45, 7) is -2.10. The molecular formula is C20H25ClN4O5S. The molecule has 31 heavy (non-hydrogen) atoms. The summed E-state index contributed by atoms with van der Waals surface area (Å²) >= 11 is 5.99. The van der Waals surface area contributed by atoms with E-state index in [9.17, 15) is 13.2 Å². The van der Waals surface area contributed by atoms with E-state index in [1.165, 1.54) is 19.2 Å². The van der Waals surface area contributed by atoms with Gasteiger partial charge in [0.15, 0.2) is 0 Å². The van der Waals surface area contributed by atoms with E-state index >= 15 is 0 Å². The van der Waals surface area contributed by atoms with Gasteiger partial charge in [-0.25, -0.2) is 13.4 Å². The summed E-state index contributed by atoms with van der Waals surface area (Å²) in [5.74, 6) is -0.375. The maximum atomic E-state index is 12.7. The smallest absolute Gasteiger partial charge is 0.254 e. The minimum atomic E-state index is -3.65. The molecule has 1 saturated carbocycles. The van der Waals surface area contributed by atoms with Crippen molar-refractivity contribution in [3.8, 4) is 5.75 Å². The molecule has 0 saturated heterocycles. The van der Waals surface area contributed by atoms with Gasteiger partial charge in [0.05, 0.1) is 35.0 Å². The quantitative estimate of drug-likeness (QED) is 0.340. The molecule has 1 aromatic carbocycles. The molecule has 0 aliphatic heterocycles. The van der Waals surface area contributed by atoms with Crippen molar-refractivity contribution in [1.82, 2.24) is 10.3 Å². The molecule has 3 rings (SSSR count). The Morgan fingerprint density at radius 2 is 2.06 bits per heavy atom. The lowest BCUT2D eigenvalue weighted by Crippen LogP contribution is -2.20. The fraction of sp³-hybridized carbons (Fsp3) is 0.400. The van der Waals surface area contributed by atoms with E-state index < -0.39 is 22.9 Å². The molecule has 0 unspecified atom stereocenters. The highest BCUT2D eigenvalue weighted by Gasteiger charge is 2.28. The highest BCUT2D eigenvalue weighted by atomic mass is 35.5. The number of carbonyl (C=O) groups is 1. The van der Waals surface area contributed by atoms with Gasteiger partial charge in [0.2, 0.25) is 10.0 Å². The Labute approximate surface area is 190 Å². The van der Waals surface area contributed by atoms with Gasteiger partial charge in [-0.1, -0.05) is 11.6 Å². The van der Waals surface area contributed by atoms with Crippen molar-refractivity contribution in [3.63, 3.8) is 0 Å². The number of benzene rings is 1. The monoisotopic (exact) mass is 471 g/mol. The average Bonchev–Trinajstić information content (AvgIpc) is 3.51. The van der Waals surface area contributed by atoms with Crippen molar-refractivity contribution in [2.75, 3.05) is 43.1 Å². The first-order valence-electron chi connectivity index (χ1n) is 11.0. The summed E-state index contributed by atoms with van der Waals surface area (Å²) in [6, 6.07) is 6.02. The molecule has 1 aliphatic carbocycles. The Bertz CT molecular complexity index is 1140. The second-order valence-corrected chi connectivity index (χ2v) is 9.16. The maximum absolute atomic E-state index is 12.7. The van der Waals surface area contributed by atoms with E-state index in [2.05, 4.69) is 15.0 Å². The third-order valence-corrected chi connectivity index (χ3v) is 6.11. The van der Waals surface area contributed by atoms with E-state index in [1.807, 2.05) is 5.32 Å². The number of anilines is 3. The molecule has 1 fully saturated rings. The summed E-state index contributed by atoms with van der Waals surface area (Å²) in [5, 5.41) is 4.90. The van der Waals surface area contributed by atoms with Crippen LogP contribution in [-0.4, -0.2) is 52.4 Å². The van der Waals surface area contributed by atoms with E-state index in [4.69, 9.17) is 25.2 Å². The lowest BCUT2D eigenvalue weighted by atomic mass is 10.2. The van der Waals surface area contributed by atoms with Crippen LogP contribution in [-0.2, 0) is 14.8 Å². The zero-order valence-electron chi connectivity index (χ0n) is 19.8. The van der Waals surface area contributed by atoms with Gasteiger partial charge in [-0.05, 0) is 37.0 Å². The number of rotatable bonds is 11. The Balaban J connectivity index is 1.93. The van der Waals surface area contributed by atoms with Gasteiger partial charge in [0, 0.05) is 30.5 Å². The summed E-state index contributed by atoms with van der Waals surface area (Å²) in [4.78, 5) is 16.3. The number of ether oxygens (including phenoxy) is 2. The van der Waals surface area contributed by atoms with E-state index in [-0.39, 0.29) is 40.4 Å². The van der Waals surface area contributed by atoms with Crippen molar-refractivity contribution in [2.24, 2.45) is 5.92 Å². The van der Waals surface area contributed by atoms with Crippen LogP contribution in [0.15, 0.2) is 30.5 Å². The van der Waals surface area contributed by atoms with Crippen LogP contribution in [0.2, 0.25) is 5.15 Å². The lowest BCUT2D eigenvalue weighted by Gasteiger charge is -2.17. The molecule has 168 valence electrons. The number of carbonyl (C=O) groups excluding carboxylic acids is 1. The third kappa shape index (κ3) is 6.71. The molecule has 1 heterocycles. The van der Waals surface area contributed by atoms with Gasteiger partial charge in [0.25, 0.3) is 5.91 Å². The van der Waals surface area contributed by atoms with Gasteiger partial charge in [-0.3, -0.25) is 9.52 Å². The number of hydrogen-bond acceptors (Lipinski definition) is 7. The molecular weight excluding hydrogens is 444 g/mol. The van der Waals surface area contributed by atoms with Gasteiger partial charge in [-0.15, -0.1) is 0 Å². The van der Waals surface area contributed by atoms with Crippen molar-refractivity contribution in [3.05, 3.63) is 41.2 Å². The van der Waals surface area contributed by atoms with Crippen LogP contribution in [0.1, 0.15) is 27.3 Å². The Morgan fingerprint density at radius 3 is 2.77 bits per heavy atom. The first-order valence-corrected chi connectivity index (χ1v) is 11.5. The van der Waals surface area contributed by atoms with E-state index in [0.29, 0.717) is 18.0 Å². The first-order chi connectivity index (χ1) is 16.0. The summed E-state index contributed by atoms with van der Waals surface area (Å²) in [5.41, 5.74) is 0.527. The summed E-state index contributed by atoms with van der Waals surface area (Å²) in [7, 11) is -2.11. The van der Waals surface area contributed by atoms with Crippen LogP contribution in [0.25, 0.3) is 0 Å². The SMILES string of the molecule is [2H]C([2H])([2H])NC(=O)c1cnc(Cl)cc1Nc1ccc(OCCOC)cc1NS(=O)(=O)CC1CC1. The second kappa shape index (κ2) is 10.2. The summed E-state index contributed by atoms with van der Waals surface area (Å²) in [6.07, 6.45) is 2.86. The Hall–Kier alpha value is -2.56. The average molecular weight is 472 g/mol. The Kier molecular flexibility index (Phi) is 6.28. The van der Waals surface area contributed by atoms with Crippen molar-refractivity contribution < 1.29 is 26.8 Å². The number of hydrogen-bond donors (Lipinski definition) is 3. The van der Waals surface area contributed by atoms with Crippen molar-refractivity contribution in [2.45, 2.75) is 12.8 Å². The first kappa shape index (κ1) is 19.1. The fourth-order valence-electron chi connectivity index (χ4n) is 2.78. The number of aromatic nitrogens is 1. The number of nitrogens with one attached hydrogen (secondary N) is 3. The molecule has 1 aromatic heterocycles. The standard InChI is InChI=1S/C20H25ClN4O5S/c1-22-20(26)15-11-23-19(21)10-17(15)24-16-6-5-14(30-8-7-29-2)9-18(16)25-31(27,28)12-13-3-4-13/h5-6,9-11,13,25H,3-4,7-8,12H2,1-2H3,(H,22,26)(H,23,24)/i1D3. The second-order valence-electron chi connectivity index (χ2n) is 7.01. The summed E-state index contributed by atoms with van der Waals surface area (Å²) < 4.78 is 60.2. The van der Waals surface area contributed by atoms with Gasteiger partial charge >= 0.3 is 0 Å². The minimum absolute atomic E-state index is 0.00543. The molecule has 3 N–H and O–H groups in total. The normalized spacial score (nSPS) is 15.4. The van der Waals surface area contributed by atoms with Crippen LogP contribution < -0.4 is 20.1 Å². The number of halogens is 1. The van der Waals surface area contributed by atoms with E-state index in [0.717, 1.165) is 19.0 Å². The van der Waals surface area contributed by atoms with Gasteiger partial charge in [-0.2, -0.15) is 0 Å². The van der Waals surface area contributed by atoms with Crippen LogP contribution in [0, 0.1) is 5.92 Å². The predicted octanol–water partition coefficient (Wildman–Crippen LogP) is 3.02. The van der Waals surface area contributed by atoms with Crippen molar-refractivity contribution in [1.29, 1.82) is 0 Å². The highest BCUT2D eigenvalue weighted by molar-refractivity contribution is 7.92.